The SMILES string of the molecule is O=C1CCCC1[Se]Cc1ccccc1. The van der Waals surface area contributed by atoms with Gasteiger partial charge in [-0.2, -0.15) is 0 Å². The van der Waals surface area contributed by atoms with Gasteiger partial charge in [-0.3, -0.25) is 0 Å². The molecule has 1 aromatic rings. The summed E-state index contributed by atoms with van der Waals surface area (Å²) in [6.45, 7) is 0. The van der Waals surface area contributed by atoms with Gasteiger partial charge in [0.05, 0.1) is 0 Å². The molecule has 1 saturated carbocycles. The van der Waals surface area contributed by atoms with E-state index in [0.717, 1.165) is 24.6 Å². The first-order valence-corrected chi connectivity index (χ1v) is 7.24. The molecule has 1 unspecified atom stereocenters. The van der Waals surface area contributed by atoms with E-state index >= 15 is 0 Å². The van der Waals surface area contributed by atoms with E-state index in [1.165, 1.54) is 5.56 Å². The van der Waals surface area contributed by atoms with E-state index in [1.54, 1.807) is 0 Å². The molecule has 0 aromatic heterocycles. The first-order valence-electron chi connectivity index (χ1n) is 5.04. The van der Waals surface area contributed by atoms with Gasteiger partial charge in [-0.1, -0.05) is 0 Å². The summed E-state index contributed by atoms with van der Waals surface area (Å²) in [5, 5.41) is 1.12. The molecule has 0 amide bonds. The third-order valence-corrected chi connectivity index (χ3v) is 5.48. The molecular formula is C12H14OSe. The number of carbonyl (C=O) groups excluding carboxylic acids is 1. The van der Waals surface area contributed by atoms with E-state index in [1.807, 2.05) is 6.07 Å². The van der Waals surface area contributed by atoms with E-state index < -0.39 is 0 Å². The van der Waals surface area contributed by atoms with Gasteiger partial charge in [0.1, 0.15) is 0 Å². The van der Waals surface area contributed by atoms with Crippen molar-refractivity contribution in [1.29, 1.82) is 0 Å². The van der Waals surface area contributed by atoms with E-state index in [2.05, 4.69) is 24.3 Å². The van der Waals surface area contributed by atoms with Crippen LogP contribution in [0.5, 0.6) is 0 Å². The Balaban J connectivity index is 1.85. The predicted molar refractivity (Wildman–Crippen MR) is 58.5 cm³/mol. The van der Waals surface area contributed by atoms with Crippen molar-refractivity contribution in [3.8, 4) is 0 Å². The second kappa shape index (κ2) is 4.77. The Morgan fingerprint density at radius 1 is 1.29 bits per heavy atom. The number of hydrogen-bond donors (Lipinski definition) is 0. The summed E-state index contributed by atoms with van der Waals surface area (Å²) in [4.78, 5) is 11.8. The molecule has 1 fully saturated rings. The third kappa shape index (κ3) is 2.46. The molecule has 1 aliphatic rings. The molecule has 14 heavy (non-hydrogen) atoms. The summed E-state index contributed by atoms with van der Waals surface area (Å²) in [5.41, 5.74) is 1.38. The number of Topliss-reactive ketones (excluding diaryl/α,β-unsaturated/α-hetero) is 1. The van der Waals surface area contributed by atoms with Crippen molar-refractivity contribution >= 4 is 20.7 Å². The topological polar surface area (TPSA) is 17.1 Å². The van der Waals surface area contributed by atoms with Crippen molar-refractivity contribution in [3.63, 3.8) is 0 Å². The Morgan fingerprint density at radius 3 is 2.71 bits per heavy atom. The monoisotopic (exact) mass is 254 g/mol. The molecule has 74 valence electrons. The fourth-order valence-corrected chi connectivity index (χ4v) is 4.30. The van der Waals surface area contributed by atoms with Crippen LogP contribution in [0.25, 0.3) is 0 Å². The fourth-order valence-electron chi connectivity index (χ4n) is 1.73. The van der Waals surface area contributed by atoms with Gasteiger partial charge in [-0.05, 0) is 0 Å². The van der Waals surface area contributed by atoms with Gasteiger partial charge in [-0.15, -0.1) is 0 Å². The molecule has 0 radical (unpaired) electrons. The van der Waals surface area contributed by atoms with Crippen LogP contribution < -0.4 is 0 Å². The van der Waals surface area contributed by atoms with E-state index in [0.29, 0.717) is 25.6 Å². The molecule has 0 spiro atoms. The van der Waals surface area contributed by atoms with Crippen molar-refractivity contribution in [2.24, 2.45) is 0 Å². The molecule has 0 heterocycles. The van der Waals surface area contributed by atoms with Crippen LogP contribution in [0, 0.1) is 0 Å². The van der Waals surface area contributed by atoms with Gasteiger partial charge in [0, 0.05) is 0 Å². The van der Waals surface area contributed by atoms with Gasteiger partial charge >= 0.3 is 90.8 Å². The summed E-state index contributed by atoms with van der Waals surface area (Å²) in [7, 11) is 0. The van der Waals surface area contributed by atoms with E-state index in [-0.39, 0.29) is 0 Å². The minimum absolute atomic E-state index is 0.419. The molecule has 1 aliphatic carbocycles. The summed E-state index contributed by atoms with van der Waals surface area (Å²) >= 11 is 0.481. The Hall–Kier alpha value is -0.591. The Labute approximate surface area is 91.1 Å². The van der Waals surface area contributed by atoms with Crippen molar-refractivity contribution in [2.45, 2.75) is 29.4 Å². The summed E-state index contributed by atoms with van der Waals surface area (Å²) in [6, 6.07) is 10.5. The van der Waals surface area contributed by atoms with Crippen molar-refractivity contribution in [3.05, 3.63) is 35.9 Å². The van der Waals surface area contributed by atoms with Gasteiger partial charge < -0.3 is 0 Å². The second-order valence-corrected chi connectivity index (χ2v) is 6.14. The average Bonchev–Trinajstić information content (AvgIpc) is 2.63. The van der Waals surface area contributed by atoms with Crippen molar-refractivity contribution in [2.75, 3.05) is 0 Å². The maximum absolute atomic E-state index is 11.4. The number of hydrogen-bond acceptors (Lipinski definition) is 1. The molecule has 0 bridgehead atoms. The van der Waals surface area contributed by atoms with E-state index in [9.17, 15) is 4.79 Å². The molecule has 0 N–H and O–H groups in total. The molecular weight excluding hydrogens is 239 g/mol. The average molecular weight is 253 g/mol. The maximum atomic E-state index is 11.4. The molecule has 0 aliphatic heterocycles. The molecule has 1 aromatic carbocycles. The Kier molecular flexibility index (Phi) is 3.39. The number of ketones is 1. The van der Waals surface area contributed by atoms with Gasteiger partial charge in [0.25, 0.3) is 0 Å². The third-order valence-electron chi connectivity index (χ3n) is 2.54. The van der Waals surface area contributed by atoms with Crippen molar-refractivity contribution < 1.29 is 4.79 Å². The molecule has 1 nitrogen and oxygen atoms in total. The first kappa shape index (κ1) is 9.95. The van der Waals surface area contributed by atoms with Crippen LogP contribution >= 0.6 is 0 Å². The minimum atomic E-state index is 0.419. The van der Waals surface area contributed by atoms with E-state index in [4.69, 9.17) is 0 Å². The first-order chi connectivity index (χ1) is 6.86. The zero-order valence-corrected chi connectivity index (χ0v) is 9.82. The van der Waals surface area contributed by atoms with Crippen LogP contribution in [0.4, 0.5) is 0 Å². The van der Waals surface area contributed by atoms with Gasteiger partial charge in [0.2, 0.25) is 0 Å². The molecule has 1 atom stereocenters. The molecule has 2 rings (SSSR count). The quantitative estimate of drug-likeness (QED) is 0.756. The van der Waals surface area contributed by atoms with Gasteiger partial charge in [0.15, 0.2) is 0 Å². The number of rotatable bonds is 3. The number of benzene rings is 1. The second-order valence-electron chi connectivity index (χ2n) is 3.64. The summed E-state index contributed by atoms with van der Waals surface area (Å²) in [5.74, 6) is 0.515. The van der Waals surface area contributed by atoms with Crippen LogP contribution in [-0.2, 0) is 10.1 Å². The Bertz CT molecular complexity index is 307. The zero-order valence-electron chi connectivity index (χ0n) is 8.11. The normalized spacial score (nSPS) is 21.4. The predicted octanol–water partition coefficient (Wildman–Crippen LogP) is 2.43. The number of carbonyl (C=O) groups is 1. The van der Waals surface area contributed by atoms with Crippen LogP contribution in [0.2, 0.25) is 4.82 Å². The standard InChI is InChI=1S/C12H14OSe/c13-11-7-4-8-12(11)14-9-10-5-2-1-3-6-10/h1-3,5-6,12H,4,7-9H2. The molecule has 2 heteroatoms. The van der Waals surface area contributed by atoms with Crippen molar-refractivity contribution in [1.82, 2.24) is 0 Å². The summed E-state index contributed by atoms with van der Waals surface area (Å²) < 4.78 is 0. The Morgan fingerprint density at radius 2 is 2.07 bits per heavy atom. The molecule has 0 saturated heterocycles. The summed E-state index contributed by atoms with van der Waals surface area (Å²) in [6.07, 6.45) is 3.10. The zero-order chi connectivity index (χ0) is 9.80. The van der Waals surface area contributed by atoms with Crippen LogP contribution in [0.1, 0.15) is 24.8 Å². The fraction of sp³-hybridized carbons (Fsp3) is 0.417. The van der Waals surface area contributed by atoms with Crippen LogP contribution in [-0.4, -0.2) is 20.7 Å². The van der Waals surface area contributed by atoms with Gasteiger partial charge in [-0.25, -0.2) is 0 Å². The van der Waals surface area contributed by atoms with Crippen LogP contribution in [0.3, 0.4) is 0 Å². The van der Waals surface area contributed by atoms with Crippen LogP contribution in [0.15, 0.2) is 30.3 Å².